The Morgan fingerprint density at radius 3 is 2.20 bits per heavy atom. The third-order valence-electron chi connectivity index (χ3n) is 2.86. The molecule has 20 heavy (non-hydrogen) atoms. The highest BCUT2D eigenvalue weighted by Gasteiger charge is 2.20. The summed E-state index contributed by atoms with van der Waals surface area (Å²) < 4.78 is 5.74. The van der Waals surface area contributed by atoms with Crippen LogP contribution in [0.3, 0.4) is 0 Å². The Morgan fingerprint density at radius 1 is 1.30 bits per heavy atom. The van der Waals surface area contributed by atoms with Crippen molar-refractivity contribution < 1.29 is 9.84 Å². The first-order valence-corrected chi connectivity index (χ1v) is 6.93. The van der Waals surface area contributed by atoms with Gasteiger partial charge >= 0.3 is 0 Å². The van der Waals surface area contributed by atoms with E-state index in [-0.39, 0.29) is 12.2 Å². The molecular formula is C18H28O2. The fourth-order valence-corrected chi connectivity index (χ4v) is 1.43. The molecule has 0 heterocycles. The molecular weight excluding hydrogens is 248 g/mol. The number of hydrogen-bond donors (Lipinski definition) is 1. The van der Waals surface area contributed by atoms with Gasteiger partial charge in [0, 0.05) is 13.2 Å². The van der Waals surface area contributed by atoms with Gasteiger partial charge < -0.3 is 9.84 Å². The van der Waals surface area contributed by atoms with Crippen LogP contribution < -0.4 is 0 Å². The first-order valence-electron chi connectivity index (χ1n) is 6.93. The molecule has 1 rings (SSSR count). The second kappa shape index (κ2) is 9.51. The Hall–Kier alpha value is -1.38. The Balaban J connectivity index is 0.000000621. The summed E-state index contributed by atoms with van der Waals surface area (Å²) in [6, 6.07) is 8.36. The van der Waals surface area contributed by atoms with Gasteiger partial charge in [-0.25, -0.2) is 0 Å². The molecule has 0 aliphatic rings. The van der Waals surface area contributed by atoms with Crippen LogP contribution in [0.15, 0.2) is 49.1 Å². The van der Waals surface area contributed by atoms with Crippen molar-refractivity contribution >= 4 is 0 Å². The molecule has 2 heteroatoms. The minimum Gasteiger partial charge on any atom is -0.396 e. The average Bonchev–Trinajstić information content (AvgIpc) is 2.40. The van der Waals surface area contributed by atoms with Gasteiger partial charge in [-0.2, -0.15) is 0 Å². The van der Waals surface area contributed by atoms with Gasteiger partial charge in [-0.05, 0) is 39.7 Å². The lowest BCUT2D eigenvalue weighted by atomic mass is 9.97. The molecule has 0 bridgehead atoms. The minimum absolute atomic E-state index is 0.185. The molecule has 0 unspecified atom stereocenters. The van der Waals surface area contributed by atoms with Crippen LogP contribution in [0.25, 0.3) is 0 Å². The number of ether oxygens (including phenoxy) is 1. The summed E-state index contributed by atoms with van der Waals surface area (Å²) in [6.07, 6.45) is 2.41. The Labute approximate surface area is 123 Å². The molecule has 0 atom stereocenters. The van der Waals surface area contributed by atoms with Gasteiger partial charge in [0.25, 0.3) is 0 Å². The van der Waals surface area contributed by atoms with Crippen LogP contribution in [0.5, 0.6) is 0 Å². The van der Waals surface area contributed by atoms with E-state index in [1.165, 1.54) is 11.1 Å². The second-order valence-electron chi connectivity index (χ2n) is 5.35. The van der Waals surface area contributed by atoms with Gasteiger partial charge in [0.15, 0.2) is 0 Å². The molecule has 0 saturated carbocycles. The molecule has 0 amide bonds. The first-order chi connectivity index (χ1) is 9.33. The number of allylic oxidation sites excluding steroid dienone is 2. The molecule has 1 aromatic carbocycles. The Morgan fingerprint density at radius 2 is 1.80 bits per heavy atom. The van der Waals surface area contributed by atoms with Crippen LogP contribution in [0.2, 0.25) is 0 Å². The standard InChI is InChI=1S/C13H20O2.C5H8/c1-11-5-7-12(8-6-11)13(2,3)15-10-4-9-14;1-4-5(2)3/h5-8,14H,4,9-10H2,1-3H3;4H,1-2H2,3H3. The maximum absolute atomic E-state index is 8.69. The predicted octanol–water partition coefficient (Wildman–Crippen LogP) is 4.38. The molecule has 1 N–H and O–H groups in total. The Bertz CT molecular complexity index is 402. The molecule has 0 aromatic heterocycles. The monoisotopic (exact) mass is 276 g/mol. The second-order valence-corrected chi connectivity index (χ2v) is 5.35. The SMILES string of the molecule is C=CC(=C)C.Cc1ccc(C(C)(C)OCCCO)cc1. The van der Waals surface area contributed by atoms with Gasteiger partial charge in [-0.3, -0.25) is 0 Å². The van der Waals surface area contributed by atoms with Crippen LogP contribution in [0.4, 0.5) is 0 Å². The lowest BCUT2D eigenvalue weighted by Crippen LogP contribution is -2.22. The molecule has 0 radical (unpaired) electrons. The maximum atomic E-state index is 8.69. The van der Waals surface area contributed by atoms with E-state index in [2.05, 4.69) is 58.2 Å². The van der Waals surface area contributed by atoms with Crippen molar-refractivity contribution in [2.45, 2.75) is 39.7 Å². The summed E-state index contributed by atoms with van der Waals surface area (Å²) in [7, 11) is 0. The molecule has 112 valence electrons. The van der Waals surface area contributed by atoms with E-state index in [9.17, 15) is 0 Å². The van der Waals surface area contributed by atoms with Crippen molar-refractivity contribution in [3.05, 3.63) is 60.2 Å². The predicted molar refractivity (Wildman–Crippen MR) is 86.9 cm³/mol. The van der Waals surface area contributed by atoms with Crippen LogP contribution in [0, 0.1) is 6.92 Å². The van der Waals surface area contributed by atoms with Crippen LogP contribution in [-0.2, 0) is 10.3 Å². The number of rotatable bonds is 6. The minimum atomic E-state index is -0.275. The van der Waals surface area contributed by atoms with Gasteiger partial charge in [0.1, 0.15) is 0 Å². The largest absolute Gasteiger partial charge is 0.396 e. The topological polar surface area (TPSA) is 29.5 Å². The summed E-state index contributed by atoms with van der Waals surface area (Å²) in [6.45, 7) is 15.9. The number of hydrogen-bond acceptors (Lipinski definition) is 2. The van der Waals surface area contributed by atoms with E-state index >= 15 is 0 Å². The van der Waals surface area contributed by atoms with Crippen molar-refractivity contribution in [1.29, 1.82) is 0 Å². The summed E-state index contributed by atoms with van der Waals surface area (Å²) in [4.78, 5) is 0. The van der Waals surface area contributed by atoms with Crippen molar-refractivity contribution in [2.24, 2.45) is 0 Å². The molecule has 0 saturated heterocycles. The van der Waals surface area contributed by atoms with E-state index in [0.717, 1.165) is 5.57 Å². The van der Waals surface area contributed by atoms with Crippen LogP contribution in [0.1, 0.15) is 38.3 Å². The van der Waals surface area contributed by atoms with E-state index in [1.807, 2.05) is 6.92 Å². The number of aliphatic hydroxyl groups excluding tert-OH is 1. The maximum Gasteiger partial charge on any atom is 0.0875 e. The van der Waals surface area contributed by atoms with E-state index in [0.29, 0.717) is 13.0 Å². The lowest BCUT2D eigenvalue weighted by molar-refractivity contribution is -0.0268. The Kier molecular flexibility index (Phi) is 8.86. The summed E-state index contributed by atoms with van der Waals surface area (Å²) in [5, 5.41) is 8.69. The number of aryl methyl sites for hydroxylation is 1. The number of aliphatic hydroxyl groups is 1. The van der Waals surface area contributed by atoms with Crippen LogP contribution in [-0.4, -0.2) is 18.3 Å². The van der Waals surface area contributed by atoms with Gasteiger partial charge in [-0.15, -0.1) is 0 Å². The highest BCUT2D eigenvalue weighted by molar-refractivity contribution is 5.25. The van der Waals surface area contributed by atoms with Crippen molar-refractivity contribution in [1.82, 2.24) is 0 Å². The molecule has 2 nitrogen and oxygen atoms in total. The normalized spacial score (nSPS) is 10.4. The molecule has 1 aromatic rings. The fraction of sp³-hybridized carbons (Fsp3) is 0.444. The first kappa shape index (κ1) is 18.6. The van der Waals surface area contributed by atoms with E-state index in [1.54, 1.807) is 6.08 Å². The third kappa shape index (κ3) is 7.93. The summed E-state index contributed by atoms with van der Waals surface area (Å²) >= 11 is 0. The zero-order valence-corrected chi connectivity index (χ0v) is 13.3. The average molecular weight is 276 g/mol. The molecule has 0 spiro atoms. The zero-order chi connectivity index (χ0) is 15.6. The smallest absolute Gasteiger partial charge is 0.0875 e. The number of benzene rings is 1. The summed E-state index contributed by atoms with van der Waals surface area (Å²) in [5.41, 5.74) is 3.17. The lowest BCUT2D eigenvalue weighted by Gasteiger charge is -2.26. The highest BCUT2D eigenvalue weighted by Crippen LogP contribution is 2.24. The van der Waals surface area contributed by atoms with E-state index in [4.69, 9.17) is 9.84 Å². The van der Waals surface area contributed by atoms with Gasteiger partial charge in [0.2, 0.25) is 0 Å². The molecule has 0 fully saturated rings. The van der Waals surface area contributed by atoms with Gasteiger partial charge in [-0.1, -0.05) is 54.6 Å². The molecule has 0 aliphatic carbocycles. The third-order valence-corrected chi connectivity index (χ3v) is 2.86. The zero-order valence-electron chi connectivity index (χ0n) is 13.3. The quantitative estimate of drug-likeness (QED) is 0.617. The summed E-state index contributed by atoms with van der Waals surface area (Å²) in [5.74, 6) is 0. The van der Waals surface area contributed by atoms with Crippen molar-refractivity contribution in [3.8, 4) is 0 Å². The van der Waals surface area contributed by atoms with Gasteiger partial charge in [0.05, 0.1) is 5.60 Å². The molecule has 0 aliphatic heterocycles. The highest BCUT2D eigenvalue weighted by atomic mass is 16.5. The van der Waals surface area contributed by atoms with E-state index < -0.39 is 0 Å². The van der Waals surface area contributed by atoms with Crippen LogP contribution >= 0.6 is 0 Å². The van der Waals surface area contributed by atoms with Crippen molar-refractivity contribution in [3.63, 3.8) is 0 Å². The van der Waals surface area contributed by atoms with Crippen molar-refractivity contribution in [2.75, 3.05) is 13.2 Å². The fourth-order valence-electron chi connectivity index (χ4n) is 1.43.